The van der Waals surface area contributed by atoms with Crippen LogP contribution in [0.25, 0.3) is 0 Å². The van der Waals surface area contributed by atoms with E-state index in [9.17, 15) is 0 Å². The fourth-order valence-electron chi connectivity index (χ4n) is 3.60. The van der Waals surface area contributed by atoms with E-state index in [1.807, 2.05) is 18.2 Å². The zero-order valence-electron chi connectivity index (χ0n) is 19.3. The molecule has 4 nitrogen and oxygen atoms in total. The average Bonchev–Trinajstić information content (AvgIpc) is 2.79. The van der Waals surface area contributed by atoms with Gasteiger partial charge in [0, 0.05) is 52.5 Å². The number of nitrogens with zero attached hydrogens (tertiary/aromatic N) is 1. The van der Waals surface area contributed by atoms with Crippen LogP contribution in [-0.4, -0.2) is 30.1 Å². The van der Waals surface area contributed by atoms with Crippen molar-refractivity contribution in [1.29, 1.82) is 0 Å². The van der Waals surface area contributed by atoms with Crippen LogP contribution in [0.3, 0.4) is 0 Å². The summed E-state index contributed by atoms with van der Waals surface area (Å²) in [7, 11) is 1.97. The maximum Gasteiger partial charge on any atom is 0.536 e. The van der Waals surface area contributed by atoms with Crippen LogP contribution in [-0.2, 0) is 18.7 Å². The Morgan fingerprint density at radius 1 is 0.656 bits per heavy atom. The first kappa shape index (κ1) is 25.1. The lowest BCUT2D eigenvalue weighted by Gasteiger charge is -2.28. The van der Waals surface area contributed by atoms with E-state index in [2.05, 4.69) is 106 Å². The molecule has 7 heteroatoms. The van der Waals surface area contributed by atoms with E-state index in [0.717, 1.165) is 31.2 Å². The van der Waals surface area contributed by atoms with E-state index < -0.39 is 8.80 Å². The van der Waals surface area contributed by atoms with Gasteiger partial charge in [-0.3, -0.25) is 0 Å². The molecular weight excluding hydrogens is 550 g/mol. The van der Waals surface area contributed by atoms with Crippen LogP contribution in [0.15, 0.2) is 75.7 Å². The van der Waals surface area contributed by atoms with E-state index in [4.69, 9.17) is 13.3 Å². The largest absolute Gasteiger partial charge is 0.536 e. The summed E-state index contributed by atoms with van der Waals surface area (Å²) in [4.78, 5) is 2.23. The molecular formula is C25H29Br2NO3Si. The summed E-state index contributed by atoms with van der Waals surface area (Å²) in [6.07, 6.45) is 0. The highest BCUT2D eigenvalue weighted by molar-refractivity contribution is 9.13. The van der Waals surface area contributed by atoms with Gasteiger partial charge < -0.3 is 18.2 Å². The van der Waals surface area contributed by atoms with Crippen molar-refractivity contribution in [2.24, 2.45) is 0 Å². The van der Waals surface area contributed by atoms with E-state index >= 15 is 0 Å². The van der Waals surface area contributed by atoms with Gasteiger partial charge in [0.2, 0.25) is 0 Å². The Balaban J connectivity index is 2.10. The Bertz CT molecular complexity index is 1040. The van der Waals surface area contributed by atoms with Crippen LogP contribution in [0.1, 0.15) is 26.3 Å². The zero-order valence-corrected chi connectivity index (χ0v) is 23.5. The average molecular weight is 579 g/mol. The predicted molar refractivity (Wildman–Crippen MR) is 142 cm³/mol. The first-order valence-corrected chi connectivity index (χ1v) is 13.6. The zero-order chi connectivity index (χ0) is 23.5. The van der Waals surface area contributed by atoms with Crippen LogP contribution < -0.4 is 10.1 Å². The molecule has 0 unspecified atom stereocenters. The summed E-state index contributed by atoms with van der Waals surface area (Å²) in [5.41, 5.74) is 4.54. The molecule has 3 aromatic carbocycles. The lowest BCUT2D eigenvalue weighted by atomic mass is 9.87. The quantitative estimate of drug-likeness (QED) is 0.281. The minimum Gasteiger partial charge on any atom is -0.373 e. The SMILES string of the molecule is CO[Si](OC)(OC)c1ccc(N(c2ccc(C(C)(C)C)cc2)c2ccc(Br)c(Br)c2)cc1. The van der Waals surface area contributed by atoms with E-state index in [1.54, 1.807) is 21.3 Å². The minimum atomic E-state index is -2.89. The van der Waals surface area contributed by atoms with Crippen LogP contribution in [0, 0.1) is 0 Å². The maximum absolute atomic E-state index is 5.64. The fourth-order valence-corrected chi connectivity index (χ4v) is 6.00. The van der Waals surface area contributed by atoms with Crippen molar-refractivity contribution >= 4 is 62.9 Å². The lowest BCUT2D eigenvalue weighted by Crippen LogP contribution is -2.54. The standard InChI is InChI=1S/C25H29Br2NO3Si/c1-25(2,3)18-7-9-19(10-8-18)28(21-13-16-23(26)24(27)17-21)20-11-14-22(15-12-20)32(29-4,30-5)31-6/h7-17H,1-6H3. The Hall–Kier alpha value is -1.48. The van der Waals surface area contributed by atoms with Gasteiger partial charge in [0.25, 0.3) is 0 Å². The van der Waals surface area contributed by atoms with Crippen molar-refractivity contribution in [2.45, 2.75) is 26.2 Å². The van der Waals surface area contributed by atoms with Gasteiger partial charge in [0.05, 0.1) is 0 Å². The molecule has 0 radical (unpaired) electrons. The van der Waals surface area contributed by atoms with Crippen molar-refractivity contribution < 1.29 is 13.3 Å². The number of hydrogen-bond donors (Lipinski definition) is 0. The predicted octanol–water partition coefficient (Wildman–Crippen LogP) is 7.06. The highest BCUT2D eigenvalue weighted by Crippen LogP contribution is 2.38. The molecule has 3 aromatic rings. The fraction of sp³-hybridized carbons (Fsp3) is 0.280. The highest BCUT2D eigenvalue weighted by atomic mass is 79.9. The monoisotopic (exact) mass is 577 g/mol. The molecule has 0 aliphatic rings. The van der Waals surface area contributed by atoms with Crippen molar-refractivity contribution in [3.63, 3.8) is 0 Å². The van der Waals surface area contributed by atoms with Crippen molar-refractivity contribution in [3.05, 3.63) is 81.2 Å². The summed E-state index contributed by atoms with van der Waals surface area (Å²) in [6, 6.07) is 23.2. The second-order valence-electron chi connectivity index (χ2n) is 8.45. The Kier molecular flexibility index (Phi) is 8.01. The third-order valence-electron chi connectivity index (χ3n) is 5.44. The second-order valence-corrected chi connectivity index (χ2v) is 13.1. The summed E-state index contributed by atoms with van der Waals surface area (Å²) < 4.78 is 18.9. The van der Waals surface area contributed by atoms with Gasteiger partial charge in [0.1, 0.15) is 0 Å². The number of benzene rings is 3. The Morgan fingerprint density at radius 2 is 1.12 bits per heavy atom. The topological polar surface area (TPSA) is 30.9 Å². The van der Waals surface area contributed by atoms with E-state index in [-0.39, 0.29) is 5.41 Å². The number of halogens is 2. The first-order valence-electron chi connectivity index (χ1n) is 10.3. The smallest absolute Gasteiger partial charge is 0.373 e. The minimum absolute atomic E-state index is 0.0973. The normalized spacial score (nSPS) is 12.1. The van der Waals surface area contributed by atoms with Gasteiger partial charge in [-0.2, -0.15) is 0 Å². The van der Waals surface area contributed by atoms with Crippen molar-refractivity contribution in [3.8, 4) is 0 Å². The van der Waals surface area contributed by atoms with Gasteiger partial charge >= 0.3 is 8.80 Å². The molecule has 0 saturated carbocycles. The summed E-state index contributed by atoms with van der Waals surface area (Å²) in [5, 5.41) is 0.911. The van der Waals surface area contributed by atoms with Gasteiger partial charge in [-0.25, -0.2) is 0 Å². The summed E-state index contributed by atoms with van der Waals surface area (Å²) in [6.45, 7) is 6.67. The van der Waals surface area contributed by atoms with Crippen LogP contribution >= 0.6 is 31.9 Å². The first-order chi connectivity index (χ1) is 15.1. The van der Waals surface area contributed by atoms with Gasteiger partial charge in [-0.1, -0.05) is 45.0 Å². The van der Waals surface area contributed by atoms with Gasteiger partial charge in [-0.05, 0) is 85.3 Å². The van der Waals surface area contributed by atoms with Crippen molar-refractivity contribution in [1.82, 2.24) is 0 Å². The maximum atomic E-state index is 5.64. The molecule has 0 atom stereocenters. The third kappa shape index (κ3) is 5.19. The van der Waals surface area contributed by atoms with E-state index in [1.165, 1.54) is 5.56 Å². The summed E-state index contributed by atoms with van der Waals surface area (Å²) in [5.74, 6) is 0. The Morgan fingerprint density at radius 3 is 1.56 bits per heavy atom. The molecule has 0 aliphatic carbocycles. The van der Waals surface area contributed by atoms with E-state index in [0.29, 0.717) is 0 Å². The molecule has 3 rings (SSSR count). The molecule has 32 heavy (non-hydrogen) atoms. The molecule has 0 bridgehead atoms. The molecule has 0 aliphatic heterocycles. The Labute approximate surface area is 209 Å². The molecule has 0 saturated heterocycles. The lowest BCUT2D eigenvalue weighted by molar-refractivity contribution is 0.140. The molecule has 0 N–H and O–H groups in total. The van der Waals surface area contributed by atoms with Crippen LogP contribution in [0.5, 0.6) is 0 Å². The van der Waals surface area contributed by atoms with Crippen LogP contribution in [0.2, 0.25) is 0 Å². The molecule has 170 valence electrons. The molecule has 0 aromatic heterocycles. The molecule has 0 amide bonds. The van der Waals surface area contributed by atoms with Crippen molar-refractivity contribution in [2.75, 3.05) is 26.2 Å². The number of hydrogen-bond acceptors (Lipinski definition) is 4. The number of anilines is 3. The summed E-state index contributed by atoms with van der Waals surface area (Å²) >= 11 is 7.22. The third-order valence-corrected chi connectivity index (χ3v) is 9.97. The van der Waals surface area contributed by atoms with Crippen LogP contribution in [0.4, 0.5) is 17.1 Å². The molecule has 0 heterocycles. The number of rotatable bonds is 7. The molecule has 0 fully saturated rings. The van der Waals surface area contributed by atoms with Gasteiger partial charge in [0.15, 0.2) is 0 Å². The van der Waals surface area contributed by atoms with Gasteiger partial charge in [-0.15, -0.1) is 0 Å². The second kappa shape index (κ2) is 10.2. The molecule has 0 spiro atoms. The highest BCUT2D eigenvalue weighted by Gasteiger charge is 2.40.